The first kappa shape index (κ1) is 12.8. The largest absolute Gasteiger partial charge is 0.388 e. The van der Waals surface area contributed by atoms with Crippen LogP contribution in [-0.2, 0) is 0 Å². The monoisotopic (exact) mass is 270 g/mol. The predicted molar refractivity (Wildman–Crippen MR) is 80.5 cm³/mol. The van der Waals surface area contributed by atoms with Crippen molar-refractivity contribution in [2.24, 2.45) is 0 Å². The molecule has 0 saturated heterocycles. The fourth-order valence-corrected chi connectivity index (χ4v) is 3.97. The lowest BCUT2D eigenvalue weighted by molar-refractivity contribution is 0.162. The van der Waals surface area contributed by atoms with Crippen molar-refractivity contribution in [3.8, 4) is 0 Å². The number of thioether (sulfide) groups is 1. The second kappa shape index (κ2) is 5.81. The predicted octanol–water partition coefficient (Wildman–Crippen LogP) is 4.39. The van der Waals surface area contributed by atoms with Gasteiger partial charge in [-0.3, -0.25) is 0 Å². The molecular formula is C17H18OS. The van der Waals surface area contributed by atoms with E-state index in [1.54, 1.807) is 0 Å². The summed E-state index contributed by atoms with van der Waals surface area (Å²) in [5.41, 5.74) is 2.49. The lowest BCUT2D eigenvalue weighted by Gasteiger charge is -2.15. The SMILES string of the molecule is OC(CCC1CSc2ccccc21)c1ccccc1. The Balaban J connectivity index is 1.62. The second-order valence-corrected chi connectivity index (χ2v) is 6.11. The van der Waals surface area contributed by atoms with Crippen LogP contribution in [0.4, 0.5) is 0 Å². The van der Waals surface area contributed by atoms with Gasteiger partial charge in [0.25, 0.3) is 0 Å². The Labute approximate surface area is 118 Å². The average molecular weight is 270 g/mol. The first-order chi connectivity index (χ1) is 9.34. The zero-order valence-corrected chi connectivity index (χ0v) is 11.6. The van der Waals surface area contributed by atoms with Gasteiger partial charge >= 0.3 is 0 Å². The molecule has 0 aliphatic carbocycles. The Morgan fingerprint density at radius 1 is 1.05 bits per heavy atom. The van der Waals surface area contributed by atoms with Gasteiger partial charge in [-0.25, -0.2) is 0 Å². The van der Waals surface area contributed by atoms with Crippen molar-refractivity contribution >= 4 is 11.8 Å². The minimum atomic E-state index is -0.334. The molecule has 2 unspecified atom stereocenters. The van der Waals surface area contributed by atoms with Gasteiger partial charge in [-0.2, -0.15) is 0 Å². The van der Waals surface area contributed by atoms with E-state index >= 15 is 0 Å². The van der Waals surface area contributed by atoms with E-state index in [0.29, 0.717) is 5.92 Å². The summed E-state index contributed by atoms with van der Waals surface area (Å²) < 4.78 is 0. The molecule has 2 aromatic carbocycles. The van der Waals surface area contributed by atoms with E-state index in [1.165, 1.54) is 10.5 Å². The number of aliphatic hydroxyl groups excluding tert-OH is 1. The maximum atomic E-state index is 10.2. The molecule has 0 amide bonds. The molecule has 98 valence electrons. The van der Waals surface area contributed by atoms with Crippen molar-refractivity contribution in [2.45, 2.75) is 29.8 Å². The van der Waals surface area contributed by atoms with Crippen LogP contribution in [0.3, 0.4) is 0 Å². The topological polar surface area (TPSA) is 20.2 Å². The molecule has 1 aliphatic heterocycles. The molecule has 0 spiro atoms. The molecule has 2 atom stereocenters. The van der Waals surface area contributed by atoms with Crippen LogP contribution in [0.25, 0.3) is 0 Å². The van der Waals surface area contributed by atoms with E-state index in [1.807, 2.05) is 42.1 Å². The van der Waals surface area contributed by atoms with Gasteiger partial charge in [-0.05, 0) is 36.0 Å². The Morgan fingerprint density at radius 3 is 2.63 bits per heavy atom. The molecule has 1 heterocycles. The molecule has 3 rings (SSSR count). The van der Waals surface area contributed by atoms with Crippen LogP contribution < -0.4 is 0 Å². The Kier molecular flexibility index (Phi) is 3.90. The van der Waals surface area contributed by atoms with Crippen LogP contribution in [0.1, 0.15) is 36.0 Å². The maximum Gasteiger partial charge on any atom is 0.0790 e. The first-order valence-corrected chi connectivity index (χ1v) is 7.78. The van der Waals surface area contributed by atoms with Crippen LogP contribution >= 0.6 is 11.8 Å². The molecule has 0 saturated carbocycles. The molecule has 0 aromatic heterocycles. The standard InChI is InChI=1S/C17H18OS/c18-16(13-6-2-1-3-7-13)11-10-14-12-19-17-9-5-4-8-15(14)17/h1-9,14,16,18H,10-12H2. The van der Waals surface area contributed by atoms with Crippen LogP contribution in [0.15, 0.2) is 59.5 Å². The van der Waals surface area contributed by atoms with E-state index in [9.17, 15) is 5.11 Å². The number of aliphatic hydroxyl groups is 1. The normalized spacial score (nSPS) is 19.1. The highest BCUT2D eigenvalue weighted by atomic mass is 32.2. The molecule has 0 bridgehead atoms. The fraction of sp³-hybridized carbons (Fsp3) is 0.294. The van der Waals surface area contributed by atoms with Crippen molar-refractivity contribution in [3.05, 3.63) is 65.7 Å². The zero-order chi connectivity index (χ0) is 13.1. The Bertz CT molecular complexity index is 538. The van der Waals surface area contributed by atoms with Crippen LogP contribution in [0, 0.1) is 0 Å². The summed E-state index contributed by atoms with van der Waals surface area (Å²) in [5.74, 6) is 1.75. The van der Waals surface area contributed by atoms with Crippen LogP contribution in [0.5, 0.6) is 0 Å². The third-order valence-corrected chi connectivity index (χ3v) is 5.02. The van der Waals surface area contributed by atoms with Gasteiger partial charge in [0.05, 0.1) is 6.10 Å². The van der Waals surface area contributed by atoms with Gasteiger partial charge in [0.15, 0.2) is 0 Å². The molecular weight excluding hydrogens is 252 g/mol. The number of rotatable bonds is 4. The summed E-state index contributed by atoms with van der Waals surface area (Å²) >= 11 is 1.94. The summed E-state index contributed by atoms with van der Waals surface area (Å²) in [6.45, 7) is 0. The minimum Gasteiger partial charge on any atom is -0.388 e. The summed E-state index contributed by atoms with van der Waals surface area (Å²) in [6.07, 6.45) is 1.56. The quantitative estimate of drug-likeness (QED) is 0.889. The van der Waals surface area contributed by atoms with E-state index in [0.717, 1.165) is 24.2 Å². The van der Waals surface area contributed by atoms with Crippen molar-refractivity contribution in [2.75, 3.05) is 5.75 Å². The molecule has 2 heteroatoms. The third-order valence-electron chi connectivity index (χ3n) is 3.77. The van der Waals surface area contributed by atoms with Crippen molar-refractivity contribution in [1.82, 2.24) is 0 Å². The fourth-order valence-electron chi connectivity index (χ4n) is 2.67. The van der Waals surface area contributed by atoms with Crippen molar-refractivity contribution < 1.29 is 5.11 Å². The summed E-state index contributed by atoms with van der Waals surface area (Å²) in [4.78, 5) is 1.42. The third kappa shape index (κ3) is 2.85. The first-order valence-electron chi connectivity index (χ1n) is 6.79. The highest BCUT2D eigenvalue weighted by molar-refractivity contribution is 7.99. The Morgan fingerprint density at radius 2 is 1.79 bits per heavy atom. The molecule has 1 N–H and O–H groups in total. The smallest absolute Gasteiger partial charge is 0.0790 e. The molecule has 1 nitrogen and oxygen atoms in total. The molecule has 1 aliphatic rings. The van der Waals surface area contributed by atoms with E-state index in [4.69, 9.17) is 0 Å². The number of benzene rings is 2. The van der Waals surface area contributed by atoms with E-state index < -0.39 is 0 Å². The summed E-state index contributed by atoms with van der Waals surface area (Å²) in [7, 11) is 0. The van der Waals surface area contributed by atoms with Crippen LogP contribution in [0.2, 0.25) is 0 Å². The van der Waals surface area contributed by atoms with Gasteiger partial charge in [0.2, 0.25) is 0 Å². The van der Waals surface area contributed by atoms with Crippen molar-refractivity contribution in [3.63, 3.8) is 0 Å². The summed E-state index contributed by atoms with van der Waals surface area (Å²) in [5, 5.41) is 10.2. The number of fused-ring (bicyclic) bond motifs is 1. The number of hydrogen-bond donors (Lipinski definition) is 1. The number of hydrogen-bond acceptors (Lipinski definition) is 2. The molecule has 0 fully saturated rings. The van der Waals surface area contributed by atoms with E-state index in [2.05, 4.69) is 24.3 Å². The van der Waals surface area contributed by atoms with Crippen LogP contribution in [-0.4, -0.2) is 10.9 Å². The van der Waals surface area contributed by atoms with Gasteiger partial charge in [0.1, 0.15) is 0 Å². The highest BCUT2D eigenvalue weighted by Gasteiger charge is 2.23. The highest BCUT2D eigenvalue weighted by Crippen LogP contribution is 2.42. The van der Waals surface area contributed by atoms with Crippen molar-refractivity contribution in [1.29, 1.82) is 0 Å². The second-order valence-electron chi connectivity index (χ2n) is 5.05. The molecule has 19 heavy (non-hydrogen) atoms. The van der Waals surface area contributed by atoms with E-state index in [-0.39, 0.29) is 6.10 Å². The van der Waals surface area contributed by atoms with Gasteiger partial charge in [-0.1, -0.05) is 48.5 Å². The zero-order valence-electron chi connectivity index (χ0n) is 10.8. The lowest BCUT2D eigenvalue weighted by Crippen LogP contribution is -2.02. The maximum absolute atomic E-state index is 10.2. The minimum absolute atomic E-state index is 0.334. The Hall–Kier alpha value is -1.25. The van der Waals surface area contributed by atoms with Gasteiger partial charge in [0, 0.05) is 10.6 Å². The van der Waals surface area contributed by atoms with Gasteiger partial charge < -0.3 is 5.11 Å². The lowest BCUT2D eigenvalue weighted by atomic mass is 9.93. The van der Waals surface area contributed by atoms with Gasteiger partial charge in [-0.15, -0.1) is 11.8 Å². The molecule has 2 aromatic rings. The summed E-state index contributed by atoms with van der Waals surface area (Å²) in [6, 6.07) is 18.6. The average Bonchev–Trinajstić information content (AvgIpc) is 2.89. The molecule has 0 radical (unpaired) electrons.